The molecule has 0 aliphatic carbocycles. The summed E-state index contributed by atoms with van der Waals surface area (Å²) in [5.74, 6) is -2.33. The summed E-state index contributed by atoms with van der Waals surface area (Å²) >= 11 is 4.90. The number of unbranched alkanes of at least 4 members (excludes halogenated alkanes) is 1. The van der Waals surface area contributed by atoms with Crippen molar-refractivity contribution in [2.75, 3.05) is 11.9 Å². The van der Waals surface area contributed by atoms with Crippen LogP contribution in [0, 0.1) is 11.6 Å². The Kier molecular flexibility index (Phi) is 8.68. The van der Waals surface area contributed by atoms with E-state index in [4.69, 9.17) is 14.8 Å². The van der Waals surface area contributed by atoms with E-state index in [1.165, 1.54) is 11.3 Å². The lowest BCUT2D eigenvalue weighted by Crippen LogP contribution is -2.44. The highest BCUT2D eigenvalue weighted by molar-refractivity contribution is 9.09. The third kappa shape index (κ3) is 6.18. The van der Waals surface area contributed by atoms with Crippen molar-refractivity contribution in [3.8, 4) is 39.5 Å². The molecule has 0 bridgehead atoms. The first-order valence-corrected chi connectivity index (χ1v) is 18.1. The number of phenols is 1. The first-order valence-electron chi connectivity index (χ1n) is 16.1. The van der Waals surface area contributed by atoms with Crippen LogP contribution in [0.2, 0.25) is 0 Å². The highest BCUT2D eigenvalue weighted by Crippen LogP contribution is 2.47. The Morgan fingerprint density at radius 3 is 2.65 bits per heavy atom. The van der Waals surface area contributed by atoms with Gasteiger partial charge in [-0.2, -0.15) is 10.2 Å². The Morgan fingerprint density at radius 1 is 1.08 bits per heavy atom. The molecule has 0 unspecified atom stereocenters. The molecule has 1 atom stereocenters. The molecule has 0 saturated heterocycles. The van der Waals surface area contributed by atoms with Crippen LogP contribution in [0.15, 0.2) is 54.0 Å². The van der Waals surface area contributed by atoms with E-state index < -0.39 is 29.1 Å². The number of fused-ring (bicyclic) bond motifs is 3. The summed E-state index contributed by atoms with van der Waals surface area (Å²) in [4.78, 5) is 20.4. The minimum absolute atomic E-state index is 0.152. The molecule has 6 aromatic rings. The third-order valence-electron chi connectivity index (χ3n) is 8.72. The molecule has 4 aromatic heterocycles. The molecule has 1 amide bonds. The largest absolute Gasteiger partial charge is 0.507 e. The molecule has 1 aliphatic rings. The second-order valence-corrected chi connectivity index (χ2v) is 14.9. The number of carbonyl (C=O) groups excluding carboxylic acids is 1. The summed E-state index contributed by atoms with van der Waals surface area (Å²) in [6.07, 6.45) is 3.87. The van der Waals surface area contributed by atoms with Gasteiger partial charge in [-0.05, 0) is 63.3 Å². The maximum atomic E-state index is 15.7. The molecule has 13 heteroatoms. The lowest BCUT2D eigenvalue weighted by Gasteiger charge is -2.37. The first kappa shape index (κ1) is 33.2. The Labute approximate surface area is 294 Å². The van der Waals surface area contributed by atoms with Gasteiger partial charge in [0.15, 0.2) is 0 Å². The molecule has 1 N–H and O–H groups in total. The smallest absolute Gasteiger partial charge is 0.410 e. The van der Waals surface area contributed by atoms with Crippen molar-refractivity contribution in [2.24, 2.45) is 7.05 Å². The first-order chi connectivity index (χ1) is 23.4. The number of aromatic nitrogens is 5. The van der Waals surface area contributed by atoms with E-state index in [1.807, 2.05) is 68.2 Å². The number of rotatable bonds is 7. The average Bonchev–Trinajstić information content (AvgIpc) is 3.78. The average molecular weight is 750 g/mol. The van der Waals surface area contributed by atoms with E-state index in [1.54, 1.807) is 15.8 Å². The Hall–Kier alpha value is -4.36. The van der Waals surface area contributed by atoms with Gasteiger partial charge < -0.3 is 9.84 Å². The Bertz CT molecular complexity index is 2200. The number of aryl methyl sites for hydroxylation is 1. The minimum Gasteiger partial charge on any atom is -0.507 e. The van der Waals surface area contributed by atoms with E-state index in [0.717, 1.165) is 57.9 Å². The summed E-state index contributed by atoms with van der Waals surface area (Å²) in [6.45, 7) is 6.35. The summed E-state index contributed by atoms with van der Waals surface area (Å²) in [7, 11) is 1.88. The molecule has 49 heavy (non-hydrogen) atoms. The van der Waals surface area contributed by atoms with Crippen LogP contribution in [0.1, 0.15) is 51.8 Å². The molecular weight excluding hydrogens is 714 g/mol. The number of benzene rings is 2. The van der Waals surface area contributed by atoms with Crippen LogP contribution in [-0.4, -0.2) is 58.1 Å². The van der Waals surface area contributed by atoms with Gasteiger partial charge in [-0.3, -0.25) is 14.3 Å². The van der Waals surface area contributed by atoms with E-state index in [0.29, 0.717) is 46.9 Å². The zero-order valence-electron chi connectivity index (χ0n) is 27.5. The highest BCUT2D eigenvalue weighted by Gasteiger charge is 2.36. The Balaban J connectivity index is 1.45. The molecule has 1 aliphatic heterocycles. The fourth-order valence-electron chi connectivity index (χ4n) is 6.57. The summed E-state index contributed by atoms with van der Waals surface area (Å²) in [5, 5.41) is 24.8. The number of phenolic OH excluding ortho intramolecular Hbond substituents is 1. The molecule has 5 heterocycles. The monoisotopic (exact) mass is 748 g/mol. The second-order valence-electron chi connectivity index (χ2n) is 13.2. The molecule has 0 spiro atoms. The van der Waals surface area contributed by atoms with E-state index in [2.05, 4.69) is 21.0 Å². The zero-order valence-corrected chi connectivity index (χ0v) is 29.9. The number of aromatic hydroxyl groups is 1. The molecule has 2 aromatic carbocycles. The number of halogens is 3. The number of ether oxygens (including phenoxy) is 1. The molecule has 254 valence electrons. The van der Waals surface area contributed by atoms with E-state index >= 15 is 4.39 Å². The summed E-state index contributed by atoms with van der Waals surface area (Å²) < 4.78 is 40.2. The van der Waals surface area contributed by atoms with Crippen molar-refractivity contribution < 1.29 is 23.4 Å². The van der Waals surface area contributed by atoms with Gasteiger partial charge >= 0.3 is 6.09 Å². The van der Waals surface area contributed by atoms with Gasteiger partial charge in [-0.25, -0.2) is 18.6 Å². The maximum Gasteiger partial charge on any atom is 0.410 e. The van der Waals surface area contributed by atoms with Crippen molar-refractivity contribution in [1.82, 2.24) is 29.4 Å². The number of amides is 1. The third-order valence-corrected chi connectivity index (χ3v) is 10.2. The molecular formula is C36H35BrF2N6O3S. The van der Waals surface area contributed by atoms with Gasteiger partial charge in [0.1, 0.15) is 34.4 Å². The predicted molar refractivity (Wildman–Crippen MR) is 191 cm³/mol. The van der Waals surface area contributed by atoms with Crippen molar-refractivity contribution in [3.63, 3.8) is 0 Å². The van der Waals surface area contributed by atoms with Crippen LogP contribution >= 0.6 is 27.3 Å². The van der Waals surface area contributed by atoms with Crippen LogP contribution in [-0.2, 0) is 18.3 Å². The molecule has 0 radical (unpaired) electrons. The fourth-order valence-corrected chi connectivity index (χ4v) is 7.91. The van der Waals surface area contributed by atoms with Gasteiger partial charge in [-0.1, -0.05) is 28.4 Å². The van der Waals surface area contributed by atoms with Crippen molar-refractivity contribution in [1.29, 1.82) is 0 Å². The van der Waals surface area contributed by atoms with Crippen LogP contribution < -0.4 is 0 Å². The fraction of sp³-hybridized carbons (Fsp3) is 0.333. The lowest BCUT2D eigenvalue weighted by molar-refractivity contribution is 0.00865. The van der Waals surface area contributed by atoms with Crippen molar-refractivity contribution in [2.45, 2.75) is 58.2 Å². The normalized spacial score (nSPS) is 14.9. The molecule has 0 fully saturated rings. The van der Waals surface area contributed by atoms with Gasteiger partial charge in [0.25, 0.3) is 0 Å². The van der Waals surface area contributed by atoms with Gasteiger partial charge in [0.05, 0.1) is 41.3 Å². The maximum absolute atomic E-state index is 15.7. The number of pyridine rings is 1. The molecule has 7 rings (SSSR count). The number of hydrogen-bond donors (Lipinski definition) is 1. The number of thiophene rings is 1. The SMILES string of the molecule is Cn1ncc2cc(-c3nc(-c4cc5n(n4)CCN(C(=O)OC(C)(C)C)[C@H]5CCCCBr)c(-c4c(O)cc(F)cc4F)c4sccc34)ccc21. The van der Waals surface area contributed by atoms with Crippen LogP contribution in [0.25, 0.3) is 54.8 Å². The van der Waals surface area contributed by atoms with Gasteiger partial charge in [0, 0.05) is 57.7 Å². The van der Waals surface area contributed by atoms with Crippen LogP contribution in [0.3, 0.4) is 0 Å². The summed E-state index contributed by atoms with van der Waals surface area (Å²) in [5.41, 5.74) is 3.54. The van der Waals surface area contributed by atoms with Crippen molar-refractivity contribution >= 4 is 54.3 Å². The topological polar surface area (TPSA) is 98.3 Å². The number of alkyl halides is 1. The standard InChI is InChI=1S/C36H35BrF2N6O3S/c1-36(2,3)48-35(47)44-12-13-45-28(27(44)7-5-6-11-37)18-25(42-45)33-31(30-24(39)16-22(38)17-29(30)46)34-23(10-14-49-34)32(41-33)20-8-9-26-21(15-20)19-40-43(26)4/h8-10,14-19,27,46H,5-7,11-13H2,1-4H3/t27-/m0/s1. The predicted octanol–water partition coefficient (Wildman–Crippen LogP) is 9.22. The van der Waals surface area contributed by atoms with Gasteiger partial charge in [0.2, 0.25) is 0 Å². The Morgan fingerprint density at radius 2 is 1.90 bits per heavy atom. The number of nitrogens with zero attached hydrogens (tertiary/aromatic N) is 6. The minimum atomic E-state index is -0.910. The van der Waals surface area contributed by atoms with Gasteiger partial charge in [-0.15, -0.1) is 11.3 Å². The molecule has 0 saturated carbocycles. The quantitative estimate of drug-likeness (QED) is 0.129. The van der Waals surface area contributed by atoms with E-state index in [9.17, 15) is 14.3 Å². The molecule has 9 nitrogen and oxygen atoms in total. The van der Waals surface area contributed by atoms with Crippen LogP contribution in [0.5, 0.6) is 5.75 Å². The highest BCUT2D eigenvalue weighted by atomic mass is 79.9. The zero-order chi connectivity index (χ0) is 34.6. The number of hydrogen-bond acceptors (Lipinski definition) is 7. The van der Waals surface area contributed by atoms with E-state index in [-0.39, 0.29) is 11.6 Å². The second kappa shape index (κ2) is 12.8. The lowest BCUT2D eigenvalue weighted by atomic mass is 9.96. The van der Waals surface area contributed by atoms with Crippen molar-refractivity contribution in [3.05, 3.63) is 71.4 Å². The van der Waals surface area contributed by atoms with Crippen LogP contribution in [0.4, 0.5) is 13.6 Å². The summed E-state index contributed by atoms with van der Waals surface area (Å²) in [6, 6.07) is 11.1. The number of carbonyl (C=O) groups is 1.